The molecule has 2 aromatic rings. The topological polar surface area (TPSA) is 55.8 Å². The van der Waals surface area contributed by atoms with E-state index in [2.05, 4.69) is 0 Å². The molecule has 1 saturated heterocycles. The standard InChI is InChI=1S/C25H27NO4S2/c1-2-29-23(27)15-7-4-10-16-26-24(28)22(32-25(26)31)17-20-13-8-9-14-21(20)30-18-19-11-5-3-6-12-19/h3,5-6,8-9,11-14,17H,2,4,7,10,15-16,18H2,1H3/b22-17-. The second-order valence-electron chi connectivity index (χ2n) is 7.26. The van der Waals surface area contributed by atoms with Crippen LogP contribution < -0.4 is 4.74 Å². The molecule has 5 nitrogen and oxygen atoms in total. The van der Waals surface area contributed by atoms with Gasteiger partial charge < -0.3 is 9.47 Å². The van der Waals surface area contributed by atoms with E-state index in [9.17, 15) is 9.59 Å². The summed E-state index contributed by atoms with van der Waals surface area (Å²) in [6, 6.07) is 17.6. The summed E-state index contributed by atoms with van der Waals surface area (Å²) in [4.78, 5) is 26.5. The van der Waals surface area contributed by atoms with Crippen LogP contribution in [-0.4, -0.2) is 34.2 Å². The molecule has 1 amide bonds. The first-order valence-electron chi connectivity index (χ1n) is 10.7. The molecule has 0 saturated carbocycles. The number of carbonyl (C=O) groups is 2. The maximum atomic E-state index is 12.9. The lowest BCUT2D eigenvalue weighted by Gasteiger charge is -2.14. The highest BCUT2D eigenvalue weighted by Gasteiger charge is 2.31. The van der Waals surface area contributed by atoms with Crippen LogP contribution in [0.25, 0.3) is 6.08 Å². The van der Waals surface area contributed by atoms with Gasteiger partial charge in [0.25, 0.3) is 5.91 Å². The number of unbranched alkanes of at least 4 members (excludes halogenated alkanes) is 2. The van der Waals surface area contributed by atoms with Crippen LogP contribution in [0.15, 0.2) is 59.5 Å². The van der Waals surface area contributed by atoms with E-state index < -0.39 is 0 Å². The Kier molecular flexibility index (Phi) is 9.31. The molecule has 1 aliphatic heterocycles. The van der Waals surface area contributed by atoms with E-state index >= 15 is 0 Å². The molecular weight excluding hydrogens is 442 g/mol. The Morgan fingerprint density at radius 1 is 1.06 bits per heavy atom. The van der Waals surface area contributed by atoms with Gasteiger partial charge in [-0.25, -0.2) is 0 Å². The Bertz CT molecular complexity index is 975. The summed E-state index contributed by atoms with van der Waals surface area (Å²) in [5, 5.41) is 0. The number of thiocarbonyl (C=S) groups is 1. The Labute approximate surface area is 198 Å². The zero-order valence-corrected chi connectivity index (χ0v) is 19.8. The third-order valence-corrected chi connectivity index (χ3v) is 6.26. The molecule has 1 aliphatic rings. The highest BCUT2D eigenvalue weighted by molar-refractivity contribution is 8.26. The van der Waals surface area contributed by atoms with Crippen LogP contribution in [0.5, 0.6) is 5.75 Å². The minimum Gasteiger partial charge on any atom is -0.488 e. The molecule has 3 rings (SSSR count). The monoisotopic (exact) mass is 469 g/mol. The first-order valence-corrected chi connectivity index (χ1v) is 12.0. The molecule has 1 fully saturated rings. The number of hydrogen-bond acceptors (Lipinski definition) is 6. The number of carbonyl (C=O) groups excluding carboxylic acids is 2. The SMILES string of the molecule is CCOC(=O)CCCCCN1C(=O)/C(=C/c2ccccc2OCc2ccccc2)SC1=S. The molecule has 168 valence electrons. The first-order chi connectivity index (χ1) is 15.6. The molecule has 0 atom stereocenters. The van der Waals surface area contributed by atoms with Gasteiger partial charge in [0.05, 0.1) is 11.5 Å². The van der Waals surface area contributed by atoms with Crippen LogP contribution in [0.1, 0.15) is 43.7 Å². The van der Waals surface area contributed by atoms with Crippen LogP contribution in [0.3, 0.4) is 0 Å². The number of nitrogens with zero attached hydrogens (tertiary/aromatic N) is 1. The summed E-state index contributed by atoms with van der Waals surface area (Å²) in [6.07, 6.45) is 4.63. The van der Waals surface area contributed by atoms with Crippen LogP contribution in [0, 0.1) is 0 Å². The van der Waals surface area contributed by atoms with Gasteiger partial charge in [-0.15, -0.1) is 0 Å². The molecule has 32 heavy (non-hydrogen) atoms. The van der Waals surface area contributed by atoms with Crippen molar-refractivity contribution in [1.82, 2.24) is 4.90 Å². The van der Waals surface area contributed by atoms with Crippen molar-refractivity contribution in [1.29, 1.82) is 0 Å². The molecular formula is C25H27NO4S2. The van der Waals surface area contributed by atoms with E-state index in [1.807, 2.05) is 60.7 Å². The number of para-hydroxylation sites is 1. The quantitative estimate of drug-likeness (QED) is 0.185. The summed E-state index contributed by atoms with van der Waals surface area (Å²) >= 11 is 6.75. The number of rotatable bonds is 11. The Morgan fingerprint density at radius 2 is 1.81 bits per heavy atom. The van der Waals surface area contributed by atoms with Crippen LogP contribution in [0.4, 0.5) is 0 Å². The maximum Gasteiger partial charge on any atom is 0.305 e. The third-order valence-electron chi connectivity index (χ3n) is 4.88. The second kappa shape index (κ2) is 12.4. The number of benzene rings is 2. The van der Waals surface area contributed by atoms with E-state index in [1.165, 1.54) is 11.8 Å². The fraction of sp³-hybridized carbons (Fsp3) is 0.320. The molecule has 0 aromatic heterocycles. The van der Waals surface area contributed by atoms with Crippen LogP contribution >= 0.6 is 24.0 Å². The minimum atomic E-state index is -0.172. The number of ether oxygens (including phenoxy) is 2. The van der Waals surface area contributed by atoms with E-state index in [1.54, 1.807) is 11.8 Å². The van der Waals surface area contributed by atoms with Gasteiger partial charge in [0.2, 0.25) is 0 Å². The maximum absolute atomic E-state index is 12.9. The van der Waals surface area contributed by atoms with E-state index in [0.717, 1.165) is 36.1 Å². The summed E-state index contributed by atoms with van der Waals surface area (Å²) in [5.41, 5.74) is 1.93. The molecule has 0 radical (unpaired) electrons. The Morgan fingerprint density at radius 3 is 2.59 bits per heavy atom. The van der Waals surface area contributed by atoms with Gasteiger partial charge in [-0.05, 0) is 37.5 Å². The minimum absolute atomic E-state index is 0.0803. The third kappa shape index (κ3) is 6.93. The fourth-order valence-electron chi connectivity index (χ4n) is 3.25. The van der Waals surface area contributed by atoms with Crippen molar-refractivity contribution in [2.45, 2.75) is 39.2 Å². The van der Waals surface area contributed by atoms with Gasteiger partial charge >= 0.3 is 5.97 Å². The number of esters is 1. The predicted molar refractivity (Wildman–Crippen MR) is 132 cm³/mol. The predicted octanol–water partition coefficient (Wildman–Crippen LogP) is 5.59. The summed E-state index contributed by atoms with van der Waals surface area (Å²) in [7, 11) is 0. The zero-order chi connectivity index (χ0) is 22.8. The van der Waals surface area contributed by atoms with E-state index in [-0.39, 0.29) is 11.9 Å². The Hall–Kier alpha value is -2.64. The van der Waals surface area contributed by atoms with Crippen LogP contribution in [-0.2, 0) is 20.9 Å². The zero-order valence-electron chi connectivity index (χ0n) is 18.1. The van der Waals surface area contributed by atoms with Gasteiger partial charge in [0.1, 0.15) is 16.7 Å². The van der Waals surface area contributed by atoms with Crippen molar-refractivity contribution in [3.8, 4) is 5.75 Å². The van der Waals surface area contributed by atoms with Crippen molar-refractivity contribution >= 4 is 46.3 Å². The van der Waals surface area contributed by atoms with Gasteiger partial charge in [0.15, 0.2) is 0 Å². The van der Waals surface area contributed by atoms with Gasteiger partial charge in [-0.3, -0.25) is 14.5 Å². The Balaban J connectivity index is 1.57. The van der Waals surface area contributed by atoms with Crippen molar-refractivity contribution in [2.24, 2.45) is 0 Å². The van der Waals surface area contributed by atoms with E-state index in [4.69, 9.17) is 21.7 Å². The number of thioether (sulfide) groups is 1. The fourth-order valence-corrected chi connectivity index (χ4v) is 4.55. The molecule has 0 aliphatic carbocycles. The van der Waals surface area contributed by atoms with Crippen molar-refractivity contribution in [3.63, 3.8) is 0 Å². The van der Waals surface area contributed by atoms with Crippen molar-refractivity contribution < 1.29 is 19.1 Å². The summed E-state index contributed by atoms with van der Waals surface area (Å²) in [5.74, 6) is 0.470. The molecule has 0 N–H and O–H groups in total. The largest absolute Gasteiger partial charge is 0.488 e. The molecule has 0 unspecified atom stereocenters. The van der Waals surface area contributed by atoms with E-state index in [0.29, 0.717) is 35.4 Å². The summed E-state index contributed by atoms with van der Waals surface area (Å²) in [6.45, 7) is 3.21. The molecule has 7 heteroatoms. The summed E-state index contributed by atoms with van der Waals surface area (Å²) < 4.78 is 11.5. The number of amides is 1. The smallest absolute Gasteiger partial charge is 0.305 e. The van der Waals surface area contributed by atoms with Crippen LogP contribution in [0.2, 0.25) is 0 Å². The lowest BCUT2D eigenvalue weighted by molar-refractivity contribution is -0.143. The van der Waals surface area contributed by atoms with Crippen molar-refractivity contribution in [2.75, 3.05) is 13.2 Å². The second-order valence-corrected chi connectivity index (χ2v) is 8.94. The lowest BCUT2D eigenvalue weighted by Crippen LogP contribution is -2.29. The highest BCUT2D eigenvalue weighted by atomic mass is 32.2. The molecule has 0 spiro atoms. The van der Waals surface area contributed by atoms with Gasteiger partial charge in [0, 0.05) is 18.5 Å². The van der Waals surface area contributed by atoms with Gasteiger partial charge in [-0.1, -0.05) is 78.9 Å². The van der Waals surface area contributed by atoms with Gasteiger partial charge in [-0.2, -0.15) is 0 Å². The van der Waals surface area contributed by atoms with Crippen molar-refractivity contribution in [3.05, 3.63) is 70.6 Å². The first kappa shape index (κ1) is 24.0. The highest BCUT2D eigenvalue weighted by Crippen LogP contribution is 2.34. The molecule has 2 aromatic carbocycles. The average molecular weight is 470 g/mol. The normalized spacial score (nSPS) is 14.8. The average Bonchev–Trinajstić information content (AvgIpc) is 3.06. The molecule has 1 heterocycles. The molecule has 0 bridgehead atoms. The lowest BCUT2D eigenvalue weighted by atomic mass is 10.1. The number of hydrogen-bond donors (Lipinski definition) is 0.